The lowest BCUT2D eigenvalue weighted by molar-refractivity contribution is 0.598. The number of nitrogens with one attached hydrogen (secondary N) is 1. The van der Waals surface area contributed by atoms with Crippen LogP contribution in [0.4, 0.5) is 5.69 Å². The van der Waals surface area contributed by atoms with Gasteiger partial charge in [-0.1, -0.05) is 6.92 Å². The summed E-state index contributed by atoms with van der Waals surface area (Å²) in [6.45, 7) is 4.81. The maximum atomic E-state index is 11.1. The summed E-state index contributed by atoms with van der Waals surface area (Å²) in [6, 6.07) is -0.103. The molecule has 0 saturated heterocycles. The molecule has 1 rings (SSSR count). The van der Waals surface area contributed by atoms with E-state index < -0.39 is 9.84 Å². The van der Waals surface area contributed by atoms with Crippen LogP contribution in [0, 0.1) is 0 Å². The lowest BCUT2D eigenvalue weighted by Crippen LogP contribution is -2.24. The SMILES string of the molecule is CCCn1cc(NC(C)CS(C)(=O)=O)cn1. The summed E-state index contributed by atoms with van der Waals surface area (Å²) < 4.78 is 24.0. The van der Waals surface area contributed by atoms with Crippen molar-refractivity contribution in [1.29, 1.82) is 0 Å². The van der Waals surface area contributed by atoms with Crippen molar-refractivity contribution in [1.82, 2.24) is 9.78 Å². The molecular weight excluding hydrogens is 226 g/mol. The van der Waals surface area contributed by atoms with E-state index >= 15 is 0 Å². The molecule has 1 heterocycles. The summed E-state index contributed by atoms with van der Waals surface area (Å²) >= 11 is 0. The summed E-state index contributed by atoms with van der Waals surface area (Å²) in [7, 11) is -2.94. The van der Waals surface area contributed by atoms with E-state index in [1.807, 2.05) is 17.8 Å². The van der Waals surface area contributed by atoms with Gasteiger partial charge in [-0.2, -0.15) is 5.10 Å². The molecular formula is C10H19N3O2S. The topological polar surface area (TPSA) is 64.0 Å². The minimum atomic E-state index is -2.94. The first kappa shape index (κ1) is 13.0. The standard InChI is InChI=1S/C10H19N3O2S/c1-4-5-13-7-10(6-11-13)12-9(2)8-16(3,14)15/h6-7,9,12H,4-5,8H2,1-3H3. The molecule has 1 unspecified atom stereocenters. The quantitative estimate of drug-likeness (QED) is 0.816. The van der Waals surface area contributed by atoms with Gasteiger partial charge in [-0.3, -0.25) is 4.68 Å². The van der Waals surface area contributed by atoms with Gasteiger partial charge in [-0.15, -0.1) is 0 Å². The monoisotopic (exact) mass is 245 g/mol. The fraction of sp³-hybridized carbons (Fsp3) is 0.700. The van der Waals surface area contributed by atoms with Crippen LogP contribution in [0.3, 0.4) is 0 Å². The lowest BCUT2D eigenvalue weighted by atomic mass is 10.4. The van der Waals surface area contributed by atoms with Crippen LogP contribution in [-0.2, 0) is 16.4 Å². The summed E-state index contributed by atoms with van der Waals surface area (Å²) in [5, 5.41) is 7.27. The van der Waals surface area contributed by atoms with Crippen LogP contribution < -0.4 is 5.32 Å². The molecule has 0 radical (unpaired) electrons. The maximum absolute atomic E-state index is 11.1. The lowest BCUT2D eigenvalue weighted by Gasteiger charge is -2.11. The third kappa shape index (κ3) is 4.65. The Morgan fingerprint density at radius 3 is 2.81 bits per heavy atom. The maximum Gasteiger partial charge on any atom is 0.149 e. The van der Waals surface area contributed by atoms with Crippen molar-refractivity contribution in [2.45, 2.75) is 32.9 Å². The molecule has 0 aliphatic carbocycles. The molecule has 1 aromatic heterocycles. The molecule has 1 atom stereocenters. The summed E-state index contributed by atoms with van der Waals surface area (Å²) in [5.74, 6) is 0.131. The fourth-order valence-electron chi connectivity index (χ4n) is 1.57. The Labute approximate surface area is 96.8 Å². The molecule has 92 valence electrons. The highest BCUT2D eigenvalue weighted by Gasteiger charge is 2.10. The molecule has 0 aromatic carbocycles. The van der Waals surface area contributed by atoms with E-state index in [0.29, 0.717) is 0 Å². The van der Waals surface area contributed by atoms with Crippen molar-refractivity contribution in [3.8, 4) is 0 Å². The molecule has 6 heteroatoms. The molecule has 0 amide bonds. The average Bonchev–Trinajstić information content (AvgIpc) is 2.49. The van der Waals surface area contributed by atoms with Crippen molar-refractivity contribution in [2.75, 3.05) is 17.3 Å². The Kier molecular flexibility index (Phi) is 4.35. The molecule has 16 heavy (non-hydrogen) atoms. The predicted molar refractivity (Wildman–Crippen MR) is 65.3 cm³/mol. The molecule has 0 spiro atoms. The van der Waals surface area contributed by atoms with Gasteiger partial charge in [0.25, 0.3) is 0 Å². The fourth-order valence-corrected chi connectivity index (χ4v) is 2.56. The normalized spacial score (nSPS) is 13.7. The van der Waals surface area contributed by atoms with Gasteiger partial charge >= 0.3 is 0 Å². The zero-order valence-electron chi connectivity index (χ0n) is 9.97. The Bertz CT molecular complexity index is 425. The highest BCUT2D eigenvalue weighted by molar-refractivity contribution is 7.90. The minimum absolute atomic E-state index is 0.103. The average molecular weight is 245 g/mol. The van der Waals surface area contributed by atoms with Crippen LogP contribution in [0.5, 0.6) is 0 Å². The zero-order chi connectivity index (χ0) is 12.2. The number of aryl methyl sites for hydroxylation is 1. The van der Waals surface area contributed by atoms with E-state index in [0.717, 1.165) is 18.7 Å². The van der Waals surface area contributed by atoms with Gasteiger partial charge < -0.3 is 5.32 Å². The Hall–Kier alpha value is -1.04. The number of hydrogen-bond donors (Lipinski definition) is 1. The molecule has 1 N–H and O–H groups in total. The number of anilines is 1. The second-order valence-electron chi connectivity index (χ2n) is 4.13. The highest BCUT2D eigenvalue weighted by atomic mass is 32.2. The van der Waals surface area contributed by atoms with Crippen LogP contribution >= 0.6 is 0 Å². The number of hydrogen-bond acceptors (Lipinski definition) is 4. The molecule has 0 aliphatic rings. The van der Waals surface area contributed by atoms with Gasteiger partial charge in [0.1, 0.15) is 9.84 Å². The zero-order valence-corrected chi connectivity index (χ0v) is 10.8. The van der Waals surface area contributed by atoms with Crippen LogP contribution in [0.15, 0.2) is 12.4 Å². The van der Waals surface area contributed by atoms with Gasteiger partial charge in [0, 0.05) is 25.0 Å². The van der Waals surface area contributed by atoms with Crippen LogP contribution in [0.2, 0.25) is 0 Å². The minimum Gasteiger partial charge on any atom is -0.379 e. The van der Waals surface area contributed by atoms with E-state index in [9.17, 15) is 8.42 Å². The summed E-state index contributed by atoms with van der Waals surface area (Å²) in [4.78, 5) is 0. The van der Waals surface area contributed by atoms with E-state index in [-0.39, 0.29) is 11.8 Å². The van der Waals surface area contributed by atoms with Crippen molar-refractivity contribution >= 4 is 15.5 Å². The summed E-state index contributed by atoms with van der Waals surface area (Å²) in [5.41, 5.74) is 0.865. The van der Waals surface area contributed by atoms with Gasteiger partial charge in [0.05, 0.1) is 17.6 Å². The van der Waals surface area contributed by atoms with Crippen molar-refractivity contribution < 1.29 is 8.42 Å². The highest BCUT2D eigenvalue weighted by Crippen LogP contribution is 2.08. The molecule has 0 aliphatic heterocycles. The second kappa shape index (κ2) is 5.34. The molecule has 5 nitrogen and oxygen atoms in total. The van der Waals surface area contributed by atoms with Crippen molar-refractivity contribution in [3.05, 3.63) is 12.4 Å². The van der Waals surface area contributed by atoms with Crippen LogP contribution in [0.1, 0.15) is 20.3 Å². The largest absolute Gasteiger partial charge is 0.379 e. The molecule has 0 saturated carbocycles. The van der Waals surface area contributed by atoms with E-state index in [4.69, 9.17) is 0 Å². The molecule has 0 bridgehead atoms. The van der Waals surface area contributed by atoms with Crippen molar-refractivity contribution in [3.63, 3.8) is 0 Å². The van der Waals surface area contributed by atoms with Crippen molar-refractivity contribution in [2.24, 2.45) is 0 Å². The number of rotatable bonds is 6. The Balaban J connectivity index is 2.52. The van der Waals surface area contributed by atoms with Crippen LogP contribution in [0.25, 0.3) is 0 Å². The third-order valence-electron chi connectivity index (χ3n) is 2.05. The smallest absolute Gasteiger partial charge is 0.149 e. The Morgan fingerprint density at radius 2 is 2.25 bits per heavy atom. The Morgan fingerprint density at radius 1 is 1.56 bits per heavy atom. The predicted octanol–water partition coefficient (Wildman–Crippen LogP) is 1.14. The first-order valence-electron chi connectivity index (χ1n) is 5.37. The number of nitrogens with zero attached hydrogens (tertiary/aromatic N) is 2. The van der Waals surface area contributed by atoms with E-state index in [2.05, 4.69) is 17.3 Å². The molecule has 1 aromatic rings. The van der Waals surface area contributed by atoms with Gasteiger partial charge in [-0.25, -0.2) is 8.42 Å². The van der Waals surface area contributed by atoms with Crippen LogP contribution in [-0.4, -0.2) is 36.2 Å². The van der Waals surface area contributed by atoms with Gasteiger partial charge in [-0.05, 0) is 13.3 Å². The number of aromatic nitrogens is 2. The molecule has 0 fully saturated rings. The second-order valence-corrected chi connectivity index (χ2v) is 6.31. The summed E-state index contributed by atoms with van der Waals surface area (Å²) in [6.07, 6.45) is 5.88. The first-order chi connectivity index (χ1) is 7.40. The van der Waals surface area contributed by atoms with Gasteiger partial charge in [0.2, 0.25) is 0 Å². The van der Waals surface area contributed by atoms with E-state index in [1.165, 1.54) is 6.26 Å². The van der Waals surface area contributed by atoms with Gasteiger partial charge in [0.15, 0.2) is 0 Å². The third-order valence-corrected chi connectivity index (χ3v) is 3.16. The number of sulfone groups is 1. The van der Waals surface area contributed by atoms with E-state index in [1.54, 1.807) is 6.20 Å². The first-order valence-corrected chi connectivity index (χ1v) is 7.43.